The first kappa shape index (κ1) is 10.2. The molecule has 1 aliphatic heterocycles. The van der Waals surface area contributed by atoms with Crippen LogP contribution < -0.4 is 11.1 Å². The molecule has 15 heavy (non-hydrogen) atoms. The summed E-state index contributed by atoms with van der Waals surface area (Å²) in [7, 11) is 0. The Hall–Kier alpha value is -1.35. The molecule has 0 fully saturated rings. The van der Waals surface area contributed by atoms with Crippen LogP contribution in [0.25, 0.3) is 0 Å². The van der Waals surface area contributed by atoms with Crippen molar-refractivity contribution in [2.24, 2.45) is 5.73 Å². The van der Waals surface area contributed by atoms with E-state index in [2.05, 4.69) is 31.3 Å². The van der Waals surface area contributed by atoms with Crippen LogP contribution in [0, 0.1) is 0 Å². The Kier molecular flexibility index (Phi) is 2.27. The predicted octanol–water partition coefficient (Wildman–Crippen LogP) is 0.921. The van der Waals surface area contributed by atoms with E-state index in [4.69, 9.17) is 5.73 Å². The molecule has 3 N–H and O–H groups in total. The number of rotatable bonds is 1. The van der Waals surface area contributed by atoms with E-state index in [0.717, 1.165) is 0 Å². The highest BCUT2D eigenvalue weighted by atomic mass is 16.1. The Morgan fingerprint density at radius 2 is 2.13 bits per heavy atom. The Morgan fingerprint density at radius 3 is 2.80 bits per heavy atom. The molecule has 0 radical (unpaired) electrons. The molecule has 0 bridgehead atoms. The van der Waals surface area contributed by atoms with Gasteiger partial charge in [0.15, 0.2) is 0 Å². The summed E-state index contributed by atoms with van der Waals surface area (Å²) in [6.45, 7) is 4.14. The molecule has 1 atom stereocenters. The van der Waals surface area contributed by atoms with Crippen molar-refractivity contribution in [3.05, 3.63) is 35.4 Å². The van der Waals surface area contributed by atoms with Gasteiger partial charge in [0.25, 0.3) is 0 Å². The van der Waals surface area contributed by atoms with Gasteiger partial charge in [0.1, 0.15) is 0 Å². The van der Waals surface area contributed by atoms with Gasteiger partial charge in [0, 0.05) is 5.54 Å². The summed E-state index contributed by atoms with van der Waals surface area (Å²) in [4.78, 5) is 11.2. The second-order valence-electron chi connectivity index (χ2n) is 4.59. The van der Waals surface area contributed by atoms with Crippen LogP contribution in [0.15, 0.2) is 24.3 Å². The molecule has 1 aromatic rings. The van der Waals surface area contributed by atoms with Gasteiger partial charge < -0.3 is 5.73 Å². The van der Waals surface area contributed by atoms with Gasteiger partial charge in [-0.2, -0.15) is 0 Å². The number of hydrogen-bond acceptors (Lipinski definition) is 2. The first-order valence-electron chi connectivity index (χ1n) is 5.16. The highest BCUT2D eigenvalue weighted by Crippen LogP contribution is 2.29. The molecule has 3 nitrogen and oxygen atoms in total. The van der Waals surface area contributed by atoms with E-state index in [1.54, 1.807) is 0 Å². The van der Waals surface area contributed by atoms with Gasteiger partial charge in [-0.1, -0.05) is 24.3 Å². The molecule has 1 heterocycles. The maximum absolute atomic E-state index is 11.2. The Labute approximate surface area is 89.7 Å². The second-order valence-corrected chi connectivity index (χ2v) is 4.59. The molecule has 1 amide bonds. The van der Waals surface area contributed by atoms with Crippen LogP contribution >= 0.6 is 0 Å². The Bertz CT molecular complexity index is 398. The molecule has 1 aliphatic rings. The molecule has 2 rings (SSSR count). The van der Waals surface area contributed by atoms with Gasteiger partial charge >= 0.3 is 0 Å². The van der Waals surface area contributed by atoms with E-state index < -0.39 is 0 Å². The number of hydrogen-bond donors (Lipinski definition) is 2. The minimum absolute atomic E-state index is 0.186. The zero-order chi connectivity index (χ0) is 11.1. The molecule has 1 aromatic carbocycles. The topological polar surface area (TPSA) is 55.1 Å². The van der Waals surface area contributed by atoms with Gasteiger partial charge in [0.05, 0.1) is 6.04 Å². The summed E-state index contributed by atoms with van der Waals surface area (Å²) < 4.78 is 0. The number of nitrogens with one attached hydrogen (secondary N) is 1. The molecule has 0 saturated heterocycles. The second kappa shape index (κ2) is 3.35. The van der Waals surface area contributed by atoms with Gasteiger partial charge in [-0.3, -0.25) is 10.1 Å². The summed E-state index contributed by atoms with van der Waals surface area (Å²) in [5.74, 6) is -0.280. The molecule has 0 aromatic heterocycles. The fourth-order valence-electron chi connectivity index (χ4n) is 2.26. The zero-order valence-corrected chi connectivity index (χ0v) is 9.08. The van der Waals surface area contributed by atoms with Gasteiger partial charge in [-0.15, -0.1) is 0 Å². The van der Waals surface area contributed by atoms with Crippen molar-refractivity contribution in [2.45, 2.75) is 31.8 Å². The quantitative estimate of drug-likeness (QED) is 0.714. The Morgan fingerprint density at radius 1 is 1.47 bits per heavy atom. The fraction of sp³-hybridized carbons (Fsp3) is 0.417. The normalized spacial score (nSPS) is 23.2. The maximum Gasteiger partial charge on any atom is 0.234 e. The van der Waals surface area contributed by atoms with E-state index in [1.165, 1.54) is 11.1 Å². The van der Waals surface area contributed by atoms with Crippen molar-refractivity contribution < 1.29 is 4.79 Å². The average molecular weight is 204 g/mol. The number of amides is 1. The summed E-state index contributed by atoms with van der Waals surface area (Å²) in [6, 6.07) is 7.92. The number of fused-ring (bicyclic) bond motifs is 1. The lowest BCUT2D eigenvalue weighted by molar-refractivity contribution is -0.120. The van der Waals surface area contributed by atoms with E-state index in [9.17, 15) is 4.79 Å². The number of nitrogens with two attached hydrogens (primary N) is 1. The maximum atomic E-state index is 11.2. The molecule has 0 unspecified atom stereocenters. The standard InChI is InChI=1S/C12H16N2O/c1-12(2)9-6-4-3-5-8(9)7-10(14-12)11(13)15/h3-6,10,14H,7H2,1-2H3,(H2,13,15)/t10-/m0/s1. The third-order valence-electron chi connectivity index (χ3n) is 2.99. The third kappa shape index (κ3) is 1.75. The zero-order valence-electron chi connectivity index (χ0n) is 9.08. The monoisotopic (exact) mass is 204 g/mol. The lowest BCUT2D eigenvalue weighted by atomic mass is 9.82. The van der Waals surface area contributed by atoms with Crippen LogP contribution in [-0.4, -0.2) is 11.9 Å². The van der Waals surface area contributed by atoms with E-state index >= 15 is 0 Å². The van der Waals surface area contributed by atoms with Crippen LogP contribution in [0.2, 0.25) is 0 Å². The van der Waals surface area contributed by atoms with E-state index in [1.807, 2.05) is 12.1 Å². The van der Waals surface area contributed by atoms with Crippen molar-refractivity contribution in [3.8, 4) is 0 Å². The molecular formula is C12H16N2O. The minimum Gasteiger partial charge on any atom is -0.368 e. The third-order valence-corrected chi connectivity index (χ3v) is 2.99. The van der Waals surface area contributed by atoms with Crippen molar-refractivity contribution in [1.82, 2.24) is 5.32 Å². The van der Waals surface area contributed by atoms with Gasteiger partial charge in [0.2, 0.25) is 5.91 Å². The summed E-state index contributed by atoms with van der Waals surface area (Å²) in [5.41, 5.74) is 7.62. The molecule has 3 heteroatoms. The molecule has 80 valence electrons. The van der Waals surface area contributed by atoms with Crippen LogP contribution in [0.5, 0.6) is 0 Å². The van der Waals surface area contributed by atoms with E-state index in [-0.39, 0.29) is 17.5 Å². The largest absolute Gasteiger partial charge is 0.368 e. The first-order valence-corrected chi connectivity index (χ1v) is 5.16. The fourth-order valence-corrected chi connectivity index (χ4v) is 2.26. The van der Waals surface area contributed by atoms with Crippen molar-refractivity contribution in [2.75, 3.05) is 0 Å². The predicted molar refractivity (Wildman–Crippen MR) is 59.3 cm³/mol. The molecule has 0 saturated carbocycles. The SMILES string of the molecule is CC1(C)N[C@H](C(N)=O)Cc2ccccc21. The molecule has 0 aliphatic carbocycles. The summed E-state index contributed by atoms with van der Waals surface area (Å²) in [5, 5.41) is 3.27. The smallest absolute Gasteiger partial charge is 0.234 e. The lowest BCUT2D eigenvalue weighted by Crippen LogP contribution is -2.54. The van der Waals surface area contributed by atoms with Crippen LogP contribution in [0.3, 0.4) is 0 Å². The Balaban J connectivity index is 2.43. The van der Waals surface area contributed by atoms with Crippen LogP contribution in [0.1, 0.15) is 25.0 Å². The highest BCUT2D eigenvalue weighted by molar-refractivity contribution is 5.80. The van der Waals surface area contributed by atoms with Crippen molar-refractivity contribution in [3.63, 3.8) is 0 Å². The average Bonchev–Trinajstić information content (AvgIpc) is 2.16. The molecule has 0 spiro atoms. The number of primary amides is 1. The lowest BCUT2D eigenvalue weighted by Gasteiger charge is -2.37. The van der Waals surface area contributed by atoms with E-state index in [0.29, 0.717) is 6.42 Å². The van der Waals surface area contributed by atoms with Crippen LogP contribution in [0.4, 0.5) is 0 Å². The highest BCUT2D eigenvalue weighted by Gasteiger charge is 2.33. The summed E-state index contributed by atoms with van der Waals surface area (Å²) >= 11 is 0. The number of carbonyl (C=O) groups is 1. The number of carbonyl (C=O) groups excluding carboxylic acids is 1. The summed E-state index contributed by atoms with van der Waals surface area (Å²) in [6.07, 6.45) is 0.689. The minimum atomic E-state index is -0.280. The molecular weight excluding hydrogens is 188 g/mol. The van der Waals surface area contributed by atoms with Gasteiger partial charge in [-0.25, -0.2) is 0 Å². The van der Waals surface area contributed by atoms with Crippen LogP contribution in [-0.2, 0) is 16.8 Å². The number of benzene rings is 1. The van der Waals surface area contributed by atoms with Gasteiger partial charge in [-0.05, 0) is 31.4 Å². The first-order chi connectivity index (χ1) is 7.00. The van der Waals surface area contributed by atoms with Crippen molar-refractivity contribution >= 4 is 5.91 Å². The van der Waals surface area contributed by atoms with Crippen molar-refractivity contribution in [1.29, 1.82) is 0 Å².